The molecule has 4 nitrogen and oxygen atoms in total. The van der Waals surface area contributed by atoms with E-state index in [9.17, 15) is 5.26 Å². The van der Waals surface area contributed by atoms with Gasteiger partial charge < -0.3 is 0 Å². The van der Waals surface area contributed by atoms with Crippen LogP contribution >= 0.6 is 11.8 Å². The second kappa shape index (κ2) is 12.6. The van der Waals surface area contributed by atoms with Gasteiger partial charge in [-0.25, -0.2) is 0 Å². The summed E-state index contributed by atoms with van der Waals surface area (Å²) in [4.78, 5) is 0. The topological polar surface area (TPSA) is 59.9 Å². The van der Waals surface area contributed by atoms with E-state index >= 15 is 0 Å². The van der Waals surface area contributed by atoms with Crippen molar-refractivity contribution in [1.82, 2.24) is 16.0 Å². The number of nitrogens with one attached hydrogen (secondary N) is 3. The largest absolute Gasteiger partial charge is 0.285 e. The summed E-state index contributed by atoms with van der Waals surface area (Å²) in [5.74, 6) is 4.88. The third-order valence-electron chi connectivity index (χ3n) is 14.2. The fourth-order valence-electron chi connectivity index (χ4n) is 12.4. The van der Waals surface area contributed by atoms with Crippen molar-refractivity contribution in [3.8, 4) is 6.07 Å². The molecule has 9 rings (SSSR count). The highest BCUT2D eigenvalue weighted by Gasteiger charge is 2.69. The molecule has 0 bridgehead atoms. The van der Waals surface area contributed by atoms with E-state index in [4.69, 9.17) is 0 Å². The van der Waals surface area contributed by atoms with Crippen molar-refractivity contribution in [2.24, 2.45) is 58.7 Å². The lowest BCUT2D eigenvalue weighted by atomic mass is 9.49. The van der Waals surface area contributed by atoms with Gasteiger partial charge in [-0.05, 0) is 117 Å². The maximum Gasteiger partial charge on any atom is 0.0818 e. The van der Waals surface area contributed by atoms with Crippen LogP contribution in [0, 0.1) is 70.0 Å². The molecule has 2 saturated heterocycles. The minimum Gasteiger partial charge on any atom is -0.285 e. The van der Waals surface area contributed by atoms with Crippen molar-refractivity contribution < 1.29 is 0 Å². The summed E-state index contributed by atoms with van der Waals surface area (Å²) in [6, 6.07) is 2.72. The van der Waals surface area contributed by atoms with Crippen molar-refractivity contribution >= 4 is 11.8 Å². The molecule has 244 valence electrons. The van der Waals surface area contributed by atoms with Crippen molar-refractivity contribution in [2.75, 3.05) is 0 Å². The lowest BCUT2D eigenvalue weighted by Gasteiger charge is -2.61. The highest BCUT2D eigenvalue weighted by atomic mass is 32.2. The Morgan fingerprint density at radius 1 is 0.739 bits per heavy atom. The van der Waals surface area contributed by atoms with Gasteiger partial charge in [0.05, 0.1) is 30.5 Å². The van der Waals surface area contributed by atoms with E-state index in [1.165, 1.54) is 77.0 Å². The number of allylic oxidation sites excluding steroid dienone is 8. The van der Waals surface area contributed by atoms with Crippen LogP contribution in [0.3, 0.4) is 0 Å². The van der Waals surface area contributed by atoms with E-state index in [0.717, 1.165) is 17.6 Å². The van der Waals surface area contributed by atoms with Gasteiger partial charge in [0.1, 0.15) is 0 Å². The number of rotatable bonds is 3. The summed E-state index contributed by atoms with van der Waals surface area (Å²) in [7, 11) is 0. The maximum absolute atomic E-state index is 10.2. The first-order valence-corrected chi connectivity index (χ1v) is 20.1. The predicted octanol–water partition coefficient (Wildman–Crippen LogP) is 8.16. The fourth-order valence-corrected chi connectivity index (χ4v) is 14.4. The number of hydrogen-bond donors (Lipinski definition) is 3. The molecular weight excluding hydrogens is 581 g/mol. The lowest BCUT2D eigenvalue weighted by molar-refractivity contribution is -0.0228. The molecule has 46 heavy (non-hydrogen) atoms. The van der Waals surface area contributed by atoms with Crippen LogP contribution in [0.5, 0.6) is 0 Å². The van der Waals surface area contributed by atoms with Crippen molar-refractivity contribution in [1.29, 1.82) is 5.26 Å². The summed E-state index contributed by atoms with van der Waals surface area (Å²) < 4.78 is 0. The van der Waals surface area contributed by atoms with E-state index in [2.05, 4.69) is 101 Å². The molecule has 2 saturated carbocycles. The Morgan fingerprint density at radius 3 is 2.48 bits per heavy atom. The van der Waals surface area contributed by atoms with Crippen LogP contribution in [0.1, 0.15) is 83.5 Å². The number of nitrogens with zero attached hydrogens (tertiary/aromatic N) is 1. The smallest absolute Gasteiger partial charge is 0.0818 e. The van der Waals surface area contributed by atoms with Crippen LogP contribution in [-0.2, 0) is 0 Å². The average Bonchev–Trinajstić information content (AvgIpc) is 3.41. The van der Waals surface area contributed by atoms with E-state index in [-0.39, 0.29) is 23.7 Å². The number of hydrogen-bond acceptors (Lipinski definition) is 5. The van der Waals surface area contributed by atoms with Crippen LogP contribution < -0.4 is 16.0 Å². The number of fused-ring (bicyclic) bond motifs is 9. The molecule has 5 heteroatoms. The van der Waals surface area contributed by atoms with Gasteiger partial charge in [-0.2, -0.15) is 17.0 Å². The monoisotopic (exact) mass is 634 g/mol. The molecule has 0 amide bonds. The normalized spacial score (nSPS) is 50.6. The summed E-state index contributed by atoms with van der Waals surface area (Å²) >= 11 is 2.31. The fraction of sp³-hybridized carbons (Fsp3) is 0.683. The highest BCUT2D eigenvalue weighted by Crippen LogP contribution is 2.73. The molecule has 15 unspecified atom stereocenters. The zero-order chi connectivity index (χ0) is 30.7. The van der Waals surface area contributed by atoms with Crippen molar-refractivity contribution in [3.05, 3.63) is 72.4 Å². The van der Waals surface area contributed by atoms with Crippen LogP contribution in [-0.4, -0.2) is 29.0 Å². The molecule has 9 aliphatic rings. The Balaban J connectivity index is 1.08. The van der Waals surface area contributed by atoms with Crippen molar-refractivity contribution in [2.45, 2.75) is 112 Å². The second-order valence-corrected chi connectivity index (χ2v) is 17.7. The third-order valence-corrected chi connectivity index (χ3v) is 15.9. The van der Waals surface area contributed by atoms with Gasteiger partial charge in [0.25, 0.3) is 0 Å². The summed E-state index contributed by atoms with van der Waals surface area (Å²) in [6.07, 6.45) is 45.2. The number of nitriles is 1. The van der Waals surface area contributed by atoms with Crippen molar-refractivity contribution in [3.63, 3.8) is 0 Å². The molecule has 4 fully saturated rings. The van der Waals surface area contributed by atoms with Crippen LogP contribution in [0.2, 0.25) is 0 Å². The minimum atomic E-state index is 0.0674. The molecule has 0 aromatic carbocycles. The summed E-state index contributed by atoms with van der Waals surface area (Å²) in [5, 5.41) is 23.9. The van der Waals surface area contributed by atoms with Crippen LogP contribution in [0.25, 0.3) is 0 Å². The van der Waals surface area contributed by atoms with Gasteiger partial charge in [0, 0.05) is 22.3 Å². The van der Waals surface area contributed by atoms with E-state index < -0.39 is 0 Å². The molecule has 0 radical (unpaired) electrons. The van der Waals surface area contributed by atoms with Gasteiger partial charge in [-0.15, -0.1) is 0 Å². The molecule has 0 aromatic rings. The predicted molar refractivity (Wildman–Crippen MR) is 189 cm³/mol. The third kappa shape index (κ3) is 4.95. The maximum atomic E-state index is 10.2. The first kappa shape index (κ1) is 30.2. The Hall–Kier alpha value is -1.84. The zero-order valence-corrected chi connectivity index (χ0v) is 28.3. The SMILES string of the molecule is N#CC1C=CC2C3CC(C4NC(C5=CCCCC5)NC(C5C=CCCC5)N4)C=CC3C3(C4C=CC=CC4SC4CCCCC43)C2C1. The first-order chi connectivity index (χ1) is 22.7. The zero-order valence-electron chi connectivity index (χ0n) is 27.5. The molecule has 7 aliphatic carbocycles. The van der Waals surface area contributed by atoms with Crippen LogP contribution in [0.15, 0.2) is 72.4 Å². The average molecular weight is 635 g/mol. The Kier molecular flexibility index (Phi) is 8.25. The Morgan fingerprint density at radius 2 is 1.63 bits per heavy atom. The van der Waals surface area contributed by atoms with Gasteiger partial charge in [0.15, 0.2) is 0 Å². The molecule has 2 heterocycles. The van der Waals surface area contributed by atoms with E-state index in [0.29, 0.717) is 52.8 Å². The van der Waals surface area contributed by atoms with Gasteiger partial charge >= 0.3 is 0 Å². The minimum absolute atomic E-state index is 0.0674. The Bertz CT molecular complexity index is 1380. The molecule has 15 atom stereocenters. The quantitative estimate of drug-likeness (QED) is 0.274. The highest BCUT2D eigenvalue weighted by molar-refractivity contribution is 8.00. The van der Waals surface area contributed by atoms with Gasteiger partial charge in [-0.1, -0.05) is 79.7 Å². The standard InChI is InChI=1S/C41H54N4S/c42-25-26-19-21-30-31-24-29(40-44-38(27-11-3-1-4-12-27)43-39(45-40)28-13-5-2-6-14-28)20-22-32(31)41(35(30)23-26)33-15-7-9-17-36(33)46-37-18-10-8-16-34(37)41/h3,7,9,11,13,15,17,19-22,26-27,29-40,43-45H,1-2,4-6,8,10,12,14,16,18,23-24H2. The van der Waals surface area contributed by atoms with Gasteiger partial charge in [-0.3, -0.25) is 16.0 Å². The summed E-state index contributed by atoms with van der Waals surface area (Å²) in [5.41, 5.74) is 1.85. The molecule has 1 spiro atoms. The molecule has 3 N–H and O–H groups in total. The van der Waals surface area contributed by atoms with E-state index in [1.807, 2.05) is 0 Å². The number of thioether (sulfide) groups is 1. The Labute approximate surface area is 281 Å². The first-order valence-electron chi connectivity index (χ1n) is 19.1. The van der Waals surface area contributed by atoms with Gasteiger partial charge in [0.2, 0.25) is 0 Å². The summed E-state index contributed by atoms with van der Waals surface area (Å²) in [6.45, 7) is 0. The second-order valence-electron chi connectivity index (χ2n) is 16.3. The van der Waals surface area contributed by atoms with E-state index in [1.54, 1.807) is 5.57 Å². The molecular formula is C41H54N4S. The lowest BCUT2D eigenvalue weighted by Crippen LogP contribution is -2.71. The van der Waals surface area contributed by atoms with Crippen LogP contribution in [0.4, 0.5) is 0 Å². The molecule has 2 aliphatic heterocycles. The molecule has 0 aromatic heterocycles.